The van der Waals surface area contributed by atoms with Gasteiger partial charge in [0, 0.05) is 0 Å². The summed E-state index contributed by atoms with van der Waals surface area (Å²) in [4.78, 5) is 12.4. The first-order valence-corrected chi connectivity index (χ1v) is 7.75. The maximum absolute atomic E-state index is 13.5. The van der Waals surface area contributed by atoms with Crippen LogP contribution in [0.25, 0.3) is 0 Å². The number of halogens is 3. The van der Waals surface area contributed by atoms with Crippen molar-refractivity contribution in [2.45, 2.75) is 32.9 Å². The number of nitriles is 1. The fraction of sp³-hybridized carbons (Fsp3) is 0.333. The van der Waals surface area contributed by atoms with E-state index in [2.05, 4.69) is 0 Å². The lowest BCUT2D eigenvalue weighted by Crippen LogP contribution is -2.27. The van der Waals surface area contributed by atoms with Gasteiger partial charge in [-0.25, -0.2) is 4.79 Å². The van der Waals surface area contributed by atoms with Gasteiger partial charge in [-0.2, -0.15) is 18.4 Å². The van der Waals surface area contributed by atoms with Crippen molar-refractivity contribution >= 4 is 5.97 Å². The number of hydrogen-bond acceptors (Lipinski definition) is 5. The number of rotatable bonds is 3. The molecule has 1 heterocycles. The van der Waals surface area contributed by atoms with Gasteiger partial charge in [0.05, 0.1) is 23.7 Å². The van der Waals surface area contributed by atoms with Gasteiger partial charge in [-0.05, 0) is 32.4 Å². The SMILES string of the molecule is CCOC(=O)C1=C(C)OC(N)=C(C#N)C1c1cc(C)ccc1C(F)(F)F. The highest BCUT2D eigenvalue weighted by molar-refractivity contribution is 5.92. The summed E-state index contributed by atoms with van der Waals surface area (Å²) in [6.07, 6.45) is -4.68. The summed E-state index contributed by atoms with van der Waals surface area (Å²) < 4.78 is 50.8. The molecule has 0 saturated heterocycles. The summed E-state index contributed by atoms with van der Waals surface area (Å²) in [5.41, 5.74) is 4.60. The summed E-state index contributed by atoms with van der Waals surface area (Å²) in [7, 11) is 0. The average molecular weight is 366 g/mol. The second-order valence-electron chi connectivity index (χ2n) is 5.70. The van der Waals surface area contributed by atoms with Crippen LogP contribution in [0.5, 0.6) is 0 Å². The Labute approximate surface area is 148 Å². The van der Waals surface area contributed by atoms with Crippen molar-refractivity contribution in [3.05, 3.63) is 57.7 Å². The van der Waals surface area contributed by atoms with E-state index in [9.17, 15) is 23.2 Å². The van der Waals surface area contributed by atoms with Gasteiger partial charge >= 0.3 is 12.1 Å². The van der Waals surface area contributed by atoms with E-state index in [4.69, 9.17) is 15.2 Å². The fourth-order valence-corrected chi connectivity index (χ4v) is 2.84. The Bertz CT molecular complexity index is 848. The van der Waals surface area contributed by atoms with Crippen LogP contribution in [0, 0.1) is 18.3 Å². The van der Waals surface area contributed by atoms with Gasteiger partial charge in [-0.3, -0.25) is 0 Å². The minimum Gasteiger partial charge on any atom is -0.463 e. The standard InChI is InChI=1S/C18H17F3N2O3/c1-4-25-17(24)14-10(3)26-16(23)12(8-22)15(14)11-7-9(2)5-6-13(11)18(19,20)21/h5-7,15H,4,23H2,1-3H3. The Morgan fingerprint density at radius 2 is 2.04 bits per heavy atom. The number of ether oxygens (including phenoxy) is 2. The van der Waals surface area contributed by atoms with Crippen LogP contribution in [0.4, 0.5) is 13.2 Å². The number of allylic oxidation sites excluding steroid dienone is 2. The summed E-state index contributed by atoms with van der Waals surface area (Å²) in [6, 6.07) is 5.29. The Morgan fingerprint density at radius 3 is 2.58 bits per heavy atom. The first-order valence-electron chi connectivity index (χ1n) is 7.75. The first-order chi connectivity index (χ1) is 12.1. The first kappa shape index (κ1) is 19.4. The molecule has 0 spiro atoms. The third-order valence-electron chi connectivity index (χ3n) is 3.92. The van der Waals surface area contributed by atoms with Crippen molar-refractivity contribution in [3.8, 4) is 6.07 Å². The van der Waals surface area contributed by atoms with Crippen LogP contribution in [0.3, 0.4) is 0 Å². The maximum atomic E-state index is 13.5. The van der Waals surface area contributed by atoms with Crippen molar-refractivity contribution in [1.29, 1.82) is 5.26 Å². The number of hydrogen-bond donors (Lipinski definition) is 1. The van der Waals surface area contributed by atoms with Gasteiger partial charge in [0.15, 0.2) is 0 Å². The van der Waals surface area contributed by atoms with E-state index >= 15 is 0 Å². The lowest BCUT2D eigenvalue weighted by molar-refractivity contribution is -0.140. The molecule has 0 saturated carbocycles. The molecule has 5 nitrogen and oxygen atoms in total. The minimum absolute atomic E-state index is 0.000388. The number of nitrogens with two attached hydrogens (primary N) is 1. The quantitative estimate of drug-likeness (QED) is 0.825. The summed E-state index contributed by atoms with van der Waals surface area (Å²) in [5.74, 6) is -2.52. The fourth-order valence-electron chi connectivity index (χ4n) is 2.84. The van der Waals surface area contributed by atoms with E-state index in [1.54, 1.807) is 19.9 Å². The Balaban J connectivity index is 2.81. The molecule has 8 heteroatoms. The Morgan fingerprint density at radius 1 is 1.38 bits per heavy atom. The largest absolute Gasteiger partial charge is 0.463 e. The number of aryl methyl sites for hydroxylation is 1. The number of carbonyl (C=O) groups is 1. The van der Waals surface area contributed by atoms with Gasteiger partial charge in [0.25, 0.3) is 0 Å². The summed E-state index contributed by atoms with van der Waals surface area (Å²) >= 11 is 0. The molecule has 0 radical (unpaired) electrons. The molecule has 26 heavy (non-hydrogen) atoms. The predicted molar refractivity (Wildman–Crippen MR) is 86.2 cm³/mol. The van der Waals surface area contributed by atoms with Crippen molar-refractivity contribution in [3.63, 3.8) is 0 Å². The number of nitrogens with zero attached hydrogens (tertiary/aromatic N) is 1. The molecule has 2 rings (SSSR count). The van der Waals surface area contributed by atoms with E-state index in [0.29, 0.717) is 5.56 Å². The molecular formula is C18H17F3N2O3. The molecule has 1 atom stereocenters. The van der Waals surface area contributed by atoms with E-state index < -0.39 is 23.6 Å². The molecule has 1 aromatic rings. The highest BCUT2D eigenvalue weighted by Crippen LogP contribution is 2.44. The summed E-state index contributed by atoms with van der Waals surface area (Å²) in [6.45, 7) is 4.59. The topological polar surface area (TPSA) is 85.3 Å². The van der Waals surface area contributed by atoms with Gasteiger partial charge < -0.3 is 15.2 Å². The molecule has 1 aromatic carbocycles. The Hall–Kier alpha value is -2.95. The van der Waals surface area contributed by atoms with Crippen molar-refractivity contribution < 1.29 is 27.4 Å². The van der Waals surface area contributed by atoms with Crippen LogP contribution in [-0.2, 0) is 20.4 Å². The Kier molecular flexibility index (Phi) is 5.30. The van der Waals surface area contributed by atoms with Crippen LogP contribution in [0.15, 0.2) is 41.0 Å². The number of esters is 1. The van der Waals surface area contributed by atoms with Gasteiger partial charge in [-0.1, -0.05) is 17.7 Å². The molecule has 0 fully saturated rings. The van der Waals surface area contributed by atoms with E-state index in [0.717, 1.165) is 6.07 Å². The molecule has 1 aliphatic heterocycles. The lowest BCUT2D eigenvalue weighted by Gasteiger charge is -2.28. The zero-order chi connectivity index (χ0) is 19.6. The van der Waals surface area contributed by atoms with Gasteiger partial charge in [0.1, 0.15) is 17.4 Å². The minimum atomic E-state index is -4.68. The highest BCUT2D eigenvalue weighted by Gasteiger charge is 2.42. The van der Waals surface area contributed by atoms with Crippen LogP contribution in [0.2, 0.25) is 0 Å². The third-order valence-corrected chi connectivity index (χ3v) is 3.92. The van der Waals surface area contributed by atoms with Gasteiger partial charge in [-0.15, -0.1) is 0 Å². The molecular weight excluding hydrogens is 349 g/mol. The molecule has 0 aromatic heterocycles. The zero-order valence-electron chi connectivity index (χ0n) is 14.4. The van der Waals surface area contributed by atoms with E-state index in [1.807, 2.05) is 0 Å². The summed E-state index contributed by atoms with van der Waals surface area (Å²) in [5, 5.41) is 9.45. The lowest BCUT2D eigenvalue weighted by atomic mass is 9.80. The van der Waals surface area contributed by atoms with Crippen LogP contribution in [0.1, 0.15) is 36.5 Å². The molecule has 0 aliphatic carbocycles. The predicted octanol–water partition coefficient (Wildman–Crippen LogP) is 3.66. The van der Waals surface area contributed by atoms with Crippen molar-refractivity contribution in [2.24, 2.45) is 5.73 Å². The average Bonchev–Trinajstić information content (AvgIpc) is 2.53. The van der Waals surface area contributed by atoms with Gasteiger partial charge in [0.2, 0.25) is 5.88 Å². The second kappa shape index (κ2) is 7.12. The number of benzene rings is 1. The van der Waals surface area contributed by atoms with E-state index in [1.165, 1.54) is 19.1 Å². The molecule has 1 unspecified atom stereocenters. The van der Waals surface area contributed by atoms with E-state index in [-0.39, 0.29) is 35.0 Å². The highest BCUT2D eigenvalue weighted by atomic mass is 19.4. The normalized spacial score (nSPS) is 17.7. The number of alkyl halides is 3. The van der Waals surface area contributed by atoms with Crippen LogP contribution in [-0.4, -0.2) is 12.6 Å². The number of carbonyl (C=O) groups excluding carboxylic acids is 1. The second-order valence-corrected chi connectivity index (χ2v) is 5.70. The smallest absolute Gasteiger partial charge is 0.416 e. The van der Waals surface area contributed by atoms with Crippen LogP contribution < -0.4 is 5.73 Å². The monoisotopic (exact) mass is 366 g/mol. The molecule has 2 N–H and O–H groups in total. The maximum Gasteiger partial charge on any atom is 0.416 e. The van der Waals surface area contributed by atoms with Crippen molar-refractivity contribution in [1.82, 2.24) is 0 Å². The molecule has 1 aliphatic rings. The van der Waals surface area contributed by atoms with Crippen LogP contribution >= 0.6 is 0 Å². The van der Waals surface area contributed by atoms with Crippen molar-refractivity contribution in [2.75, 3.05) is 6.61 Å². The third kappa shape index (κ3) is 3.52. The zero-order valence-corrected chi connectivity index (χ0v) is 14.4. The molecule has 0 bridgehead atoms. The molecule has 0 amide bonds. The molecule has 138 valence electrons.